The Kier molecular flexibility index (Phi) is 3.49. The lowest BCUT2D eigenvalue weighted by Crippen LogP contribution is -1.95. The van der Waals surface area contributed by atoms with E-state index in [4.69, 9.17) is 11.0 Å². The lowest BCUT2D eigenvalue weighted by Gasteiger charge is -2.09. The molecule has 0 atom stereocenters. The molecular formula is C13H9BrFN3. The van der Waals surface area contributed by atoms with Gasteiger partial charge in [0.2, 0.25) is 0 Å². The maximum absolute atomic E-state index is 13.1. The van der Waals surface area contributed by atoms with Crippen LogP contribution in [0.15, 0.2) is 40.9 Å². The molecule has 2 rings (SSSR count). The number of rotatable bonds is 2. The van der Waals surface area contributed by atoms with E-state index >= 15 is 0 Å². The molecule has 0 saturated carbocycles. The quantitative estimate of drug-likeness (QED) is 0.830. The van der Waals surface area contributed by atoms with Crippen molar-refractivity contribution in [1.29, 1.82) is 5.26 Å². The predicted molar refractivity (Wildman–Crippen MR) is 73.0 cm³/mol. The molecule has 0 spiro atoms. The predicted octanol–water partition coefficient (Wildman–Crippen LogP) is 3.79. The lowest BCUT2D eigenvalue weighted by atomic mass is 10.1. The second kappa shape index (κ2) is 5.07. The van der Waals surface area contributed by atoms with Crippen LogP contribution in [-0.2, 0) is 0 Å². The second-order valence-electron chi connectivity index (χ2n) is 3.67. The molecule has 0 aromatic heterocycles. The molecule has 0 saturated heterocycles. The number of nitriles is 1. The third-order valence-electron chi connectivity index (χ3n) is 2.36. The van der Waals surface area contributed by atoms with E-state index in [9.17, 15) is 4.39 Å². The second-order valence-corrected chi connectivity index (χ2v) is 4.53. The highest BCUT2D eigenvalue weighted by molar-refractivity contribution is 9.10. The van der Waals surface area contributed by atoms with Crippen LogP contribution in [0.1, 0.15) is 5.56 Å². The maximum Gasteiger partial charge on any atom is 0.137 e. The van der Waals surface area contributed by atoms with E-state index in [1.807, 2.05) is 0 Å². The third kappa shape index (κ3) is 2.60. The zero-order chi connectivity index (χ0) is 13.1. The minimum absolute atomic E-state index is 0.335. The number of halogens is 2. The number of benzene rings is 2. The molecule has 0 fully saturated rings. The van der Waals surface area contributed by atoms with Crippen molar-refractivity contribution >= 4 is 33.0 Å². The Labute approximate surface area is 112 Å². The standard InChI is InChI=1S/C13H9BrFN3/c14-11-6-10(2-3-12(11)15)18-13-4-1-9(17)5-8(13)7-16/h1-6,18H,17H2. The van der Waals surface area contributed by atoms with E-state index < -0.39 is 0 Å². The molecule has 0 aliphatic rings. The summed E-state index contributed by atoms with van der Waals surface area (Å²) < 4.78 is 13.5. The minimum atomic E-state index is -0.335. The van der Waals surface area contributed by atoms with Gasteiger partial charge in [0.05, 0.1) is 15.7 Å². The van der Waals surface area contributed by atoms with Crippen LogP contribution in [0.2, 0.25) is 0 Å². The first kappa shape index (κ1) is 12.4. The van der Waals surface area contributed by atoms with Gasteiger partial charge in [-0.25, -0.2) is 4.39 Å². The molecule has 5 heteroatoms. The van der Waals surface area contributed by atoms with Crippen LogP contribution in [0.25, 0.3) is 0 Å². The average Bonchev–Trinajstić information content (AvgIpc) is 2.36. The molecule has 2 aromatic rings. The Morgan fingerprint density at radius 3 is 2.67 bits per heavy atom. The Balaban J connectivity index is 2.34. The van der Waals surface area contributed by atoms with Crippen LogP contribution in [0.3, 0.4) is 0 Å². The Bertz CT molecular complexity index is 635. The van der Waals surface area contributed by atoms with Crippen LogP contribution in [-0.4, -0.2) is 0 Å². The lowest BCUT2D eigenvalue weighted by molar-refractivity contribution is 0.621. The first-order valence-corrected chi connectivity index (χ1v) is 5.91. The minimum Gasteiger partial charge on any atom is -0.399 e. The molecule has 2 aromatic carbocycles. The van der Waals surface area contributed by atoms with Crippen molar-refractivity contribution < 1.29 is 4.39 Å². The first-order valence-electron chi connectivity index (χ1n) is 5.12. The third-order valence-corrected chi connectivity index (χ3v) is 2.97. The molecule has 0 bridgehead atoms. The Morgan fingerprint density at radius 2 is 2.00 bits per heavy atom. The van der Waals surface area contributed by atoms with Gasteiger partial charge in [0.25, 0.3) is 0 Å². The number of nitrogens with zero attached hydrogens (tertiary/aromatic N) is 1. The maximum atomic E-state index is 13.1. The monoisotopic (exact) mass is 305 g/mol. The Hall–Kier alpha value is -2.06. The molecule has 90 valence electrons. The fraction of sp³-hybridized carbons (Fsp3) is 0. The molecule has 0 aliphatic carbocycles. The van der Waals surface area contributed by atoms with Gasteiger partial charge in [-0.3, -0.25) is 0 Å². The van der Waals surface area contributed by atoms with Crippen LogP contribution in [0, 0.1) is 17.1 Å². The summed E-state index contributed by atoms with van der Waals surface area (Å²) in [4.78, 5) is 0. The van der Waals surface area contributed by atoms with Crippen molar-refractivity contribution in [3.05, 3.63) is 52.3 Å². The van der Waals surface area contributed by atoms with Gasteiger partial charge in [-0.05, 0) is 52.3 Å². The van der Waals surface area contributed by atoms with Gasteiger partial charge in [-0.15, -0.1) is 0 Å². The molecule has 3 nitrogen and oxygen atoms in total. The van der Waals surface area contributed by atoms with Crippen molar-refractivity contribution in [2.45, 2.75) is 0 Å². The summed E-state index contributed by atoms with van der Waals surface area (Å²) >= 11 is 3.11. The normalized spacial score (nSPS) is 9.83. The number of nitrogen functional groups attached to an aromatic ring is 1. The van der Waals surface area contributed by atoms with Gasteiger partial charge in [0, 0.05) is 11.4 Å². The fourth-order valence-electron chi connectivity index (χ4n) is 1.49. The topological polar surface area (TPSA) is 61.8 Å². The van der Waals surface area contributed by atoms with E-state index in [1.165, 1.54) is 6.07 Å². The van der Waals surface area contributed by atoms with Crippen LogP contribution in [0.4, 0.5) is 21.5 Å². The van der Waals surface area contributed by atoms with Gasteiger partial charge in [0.1, 0.15) is 11.9 Å². The number of nitrogens with two attached hydrogens (primary N) is 1. The molecule has 0 unspecified atom stereocenters. The zero-order valence-corrected chi connectivity index (χ0v) is 10.8. The smallest absolute Gasteiger partial charge is 0.137 e. The van der Waals surface area contributed by atoms with Crippen molar-refractivity contribution in [2.24, 2.45) is 0 Å². The fourth-order valence-corrected chi connectivity index (χ4v) is 1.87. The molecule has 0 heterocycles. The van der Waals surface area contributed by atoms with E-state index in [2.05, 4.69) is 27.3 Å². The van der Waals surface area contributed by atoms with Gasteiger partial charge < -0.3 is 11.1 Å². The summed E-state index contributed by atoms with van der Waals surface area (Å²) in [7, 11) is 0. The van der Waals surface area contributed by atoms with Crippen molar-refractivity contribution in [3.8, 4) is 6.07 Å². The first-order chi connectivity index (χ1) is 8.60. The molecule has 3 N–H and O–H groups in total. The van der Waals surface area contributed by atoms with Crippen LogP contribution >= 0.6 is 15.9 Å². The molecule has 0 amide bonds. The highest BCUT2D eigenvalue weighted by atomic mass is 79.9. The summed E-state index contributed by atoms with van der Waals surface area (Å²) in [6.07, 6.45) is 0. The van der Waals surface area contributed by atoms with E-state index in [-0.39, 0.29) is 5.82 Å². The molecular weight excluding hydrogens is 297 g/mol. The number of anilines is 3. The van der Waals surface area contributed by atoms with Crippen molar-refractivity contribution in [2.75, 3.05) is 11.1 Å². The highest BCUT2D eigenvalue weighted by Crippen LogP contribution is 2.25. The molecule has 0 radical (unpaired) electrons. The summed E-state index contributed by atoms with van der Waals surface area (Å²) in [6.45, 7) is 0. The number of hydrogen-bond donors (Lipinski definition) is 2. The van der Waals surface area contributed by atoms with Gasteiger partial charge in [-0.2, -0.15) is 5.26 Å². The summed E-state index contributed by atoms with van der Waals surface area (Å²) in [6, 6.07) is 11.6. The molecule has 18 heavy (non-hydrogen) atoms. The molecule has 0 aliphatic heterocycles. The Morgan fingerprint density at radius 1 is 1.22 bits per heavy atom. The summed E-state index contributed by atoms with van der Waals surface area (Å²) in [5, 5.41) is 12.0. The zero-order valence-electron chi connectivity index (χ0n) is 9.24. The van der Waals surface area contributed by atoms with E-state index in [1.54, 1.807) is 30.3 Å². The summed E-state index contributed by atoms with van der Waals surface area (Å²) in [5.74, 6) is -0.335. The van der Waals surface area contributed by atoms with Gasteiger partial charge in [0.15, 0.2) is 0 Å². The highest BCUT2D eigenvalue weighted by Gasteiger charge is 2.05. The number of nitrogens with one attached hydrogen (secondary N) is 1. The van der Waals surface area contributed by atoms with Crippen LogP contribution < -0.4 is 11.1 Å². The van der Waals surface area contributed by atoms with E-state index in [0.29, 0.717) is 27.1 Å². The van der Waals surface area contributed by atoms with Gasteiger partial charge >= 0.3 is 0 Å². The SMILES string of the molecule is N#Cc1cc(N)ccc1Nc1ccc(F)c(Br)c1. The van der Waals surface area contributed by atoms with Crippen LogP contribution in [0.5, 0.6) is 0 Å². The number of hydrogen-bond acceptors (Lipinski definition) is 3. The van der Waals surface area contributed by atoms with Crippen molar-refractivity contribution in [1.82, 2.24) is 0 Å². The van der Waals surface area contributed by atoms with Gasteiger partial charge in [-0.1, -0.05) is 0 Å². The summed E-state index contributed by atoms with van der Waals surface area (Å²) in [5.41, 5.74) is 7.88. The van der Waals surface area contributed by atoms with Crippen molar-refractivity contribution in [3.63, 3.8) is 0 Å². The largest absolute Gasteiger partial charge is 0.399 e. The van der Waals surface area contributed by atoms with E-state index in [0.717, 1.165) is 0 Å². The average molecular weight is 306 g/mol.